The van der Waals surface area contributed by atoms with Crippen molar-refractivity contribution in [2.75, 3.05) is 0 Å². The Morgan fingerprint density at radius 3 is 2.64 bits per heavy atom. The van der Waals surface area contributed by atoms with E-state index in [0.717, 1.165) is 10.9 Å². The summed E-state index contributed by atoms with van der Waals surface area (Å²) in [7, 11) is 0. The van der Waals surface area contributed by atoms with E-state index in [9.17, 15) is 14.0 Å². The van der Waals surface area contributed by atoms with Gasteiger partial charge < -0.3 is 4.42 Å². The zero-order valence-electron chi connectivity index (χ0n) is 14.4. The number of thiazole rings is 1. The van der Waals surface area contributed by atoms with Gasteiger partial charge in [0.05, 0.1) is 12.1 Å². The number of nitrogens with one attached hydrogen (secondary N) is 2. The standard InChI is InChI=1S/C20H14FN3O3S/c21-14-7-5-12(6-8-14)20-22-15(11-28-20)10-18(25)23-24-19(26)17-9-13-3-1-2-4-16(13)27-17/h1-9,11H,10H2,(H,23,25)(H,24,26). The van der Waals surface area contributed by atoms with E-state index in [1.165, 1.54) is 23.5 Å². The summed E-state index contributed by atoms with van der Waals surface area (Å²) in [5, 5.41) is 3.24. The number of fused-ring (bicyclic) bond motifs is 1. The molecule has 0 spiro atoms. The highest BCUT2D eigenvalue weighted by Gasteiger charge is 2.14. The van der Waals surface area contributed by atoms with Crippen molar-refractivity contribution in [1.29, 1.82) is 0 Å². The highest BCUT2D eigenvalue weighted by molar-refractivity contribution is 7.13. The van der Waals surface area contributed by atoms with E-state index in [-0.39, 0.29) is 18.0 Å². The number of hydrogen-bond acceptors (Lipinski definition) is 5. The van der Waals surface area contributed by atoms with Crippen molar-refractivity contribution in [3.05, 3.63) is 77.2 Å². The summed E-state index contributed by atoms with van der Waals surface area (Å²) in [6, 6.07) is 14.8. The molecule has 28 heavy (non-hydrogen) atoms. The van der Waals surface area contributed by atoms with Gasteiger partial charge in [-0.05, 0) is 36.4 Å². The minimum Gasteiger partial charge on any atom is -0.451 e. The highest BCUT2D eigenvalue weighted by Crippen LogP contribution is 2.24. The number of benzene rings is 2. The molecule has 0 aliphatic heterocycles. The Morgan fingerprint density at radius 2 is 1.86 bits per heavy atom. The van der Waals surface area contributed by atoms with E-state index in [2.05, 4.69) is 15.8 Å². The second-order valence-electron chi connectivity index (χ2n) is 5.98. The molecule has 2 aromatic carbocycles. The minimum atomic E-state index is -0.546. The van der Waals surface area contributed by atoms with Crippen LogP contribution < -0.4 is 10.9 Å². The Balaban J connectivity index is 1.34. The summed E-state index contributed by atoms with van der Waals surface area (Å²) in [6.45, 7) is 0. The second kappa shape index (κ2) is 7.61. The van der Waals surface area contributed by atoms with E-state index in [1.807, 2.05) is 18.2 Å². The lowest BCUT2D eigenvalue weighted by Gasteiger charge is -2.04. The number of aromatic nitrogens is 1. The van der Waals surface area contributed by atoms with Crippen LogP contribution in [0.1, 0.15) is 16.2 Å². The van der Waals surface area contributed by atoms with Gasteiger partial charge in [0.25, 0.3) is 0 Å². The van der Waals surface area contributed by atoms with Gasteiger partial charge in [-0.3, -0.25) is 20.4 Å². The monoisotopic (exact) mass is 395 g/mol. The van der Waals surface area contributed by atoms with Gasteiger partial charge in [-0.1, -0.05) is 18.2 Å². The maximum Gasteiger partial charge on any atom is 0.305 e. The average molecular weight is 395 g/mol. The molecule has 0 saturated carbocycles. The third-order valence-corrected chi connectivity index (χ3v) is 4.89. The van der Waals surface area contributed by atoms with E-state index in [4.69, 9.17) is 4.42 Å². The first-order valence-electron chi connectivity index (χ1n) is 8.36. The van der Waals surface area contributed by atoms with Crippen molar-refractivity contribution in [3.63, 3.8) is 0 Å². The molecule has 4 aromatic rings. The van der Waals surface area contributed by atoms with Crippen molar-refractivity contribution in [2.24, 2.45) is 0 Å². The first kappa shape index (κ1) is 17.9. The molecule has 2 heterocycles. The van der Waals surface area contributed by atoms with Crippen LogP contribution in [-0.2, 0) is 11.2 Å². The second-order valence-corrected chi connectivity index (χ2v) is 6.84. The van der Waals surface area contributed by atoms with E-state index < -0.39 is 11.8 Å². The van der Waals surface area contributed by atoms with Crippen LogP contribution in [0.5, 0.6) is 0 Å². The number of furan rings is 1. The average Bonchev–Trinajstić information content (AvgIpc) is 3.33. The topological polar surface area (TPSA) is 84.2 Å². The molecular weight excluding hydrogens is 381 g/mol. The molecule has 2 N–H and O–H groups in total. The fourth-order valence-corrected chi connectivity index (χ4v) is 3.43. The third-order valence-electron chi connectivity index (χ3n) is 3.95. The van der Waals surface area contributed by atoms with Crippen LogP contribution >= 0.6 is 11.3 Å². The fourth-order valence-electron chi connectivity index (χ4n) is 2.60. The van der Waals surface area contributed by atoms with Gasteiger partial charge in [0.2, 0.25) is 5.91 Å². The summed E-state index contributed by atoms with van der Waals surface area (Å²) in [5.74, 6) is -1.18. The SMILES string of the molecule is O=C(Cc1csc(-c2ccc(F)cc2)n1)NNC(=O)c1cc2ccccc2o1. The predicted octanol–water partition coefficient (Wildman–Crippen LogP) is 3.70. The summed E-state index contributed by atoms with van der Waals surface area (Å²) < 4.78 is 18.4. The van der Waals surface area contributed by atoms with Gasteiger partial charge in [-0.25, -0.2) is 9.37 Å². The smallest absolute Gasteiger partial charge is 0.305 e. The Bertz CT molecular complexity index is 1120. The number of para-hydroxylation sites is 1. The number of rotatable bonds is 4. The molecule has 0 fully saturated rings. The number of nitrogens with zero attached hydrogens (tertiary/aromatic N) is 1. The van der Waals surface area contributed by atoms with Crippen molar-refractivity contribution < 1.29 is 18.4 Å². The van der Waals surface area contributed by atoms with Crippen LogP contribution in [0.3, 0.4) is 0 Å². The quantitative estimate of drug-likeness (QED) is 0.516. The normalized spacial score (nSPS) is 10.8. The first-order valence-corrected chi connectivity index (χ1v) is 9.24. The summed E-state index contributed by atoms with van der Waals surface area (Å²) in [4.78, 5) is 28.6. The molecule has 0 aliphatic rings. The zero-order chi connectivity index (χ0) is 19.5. The first-order chi connectivity index (χ1) is 13.6. The molecule has 0 saturated heterocycles. The number of carbonyl (C=O) groups excluding carboxylic acids is 2. The van der Waals surface area contributed by atoms with Crippen molar-refractivity contribution in [2.45, 2.75) is 6.42 Å². The lowest BCUT2D eigenvalue weighted by atomic mass is 10.2. The lowest BCUT2D eigenvalue weighted by molar-refractivity contribution is -0.121. The molecule has 0 radical (unpaired) electrons. The molecule has 4 rings (SSSR count). The van der Waals surface area contributed by atoms with Gasteiger partial charge in [-0.15, -0.1) is 11.3 Å². The molecule has 2 aromatic heterocycles. The Morgan fingerprint density at radius 1 is 1.07 bits per heavy atom. The van der Waals surface area contributed by atoms with Crippen LogP contribution in [0.15, 0.2) is 64.4 Å². The van der Waals surface area contributed by atoms with Gasteiger partial charge >= 0.3 is 5.91 Å². The third kappa shape index (κ3) is 3.91. The van der Waals surface area contributed by atoms with Crippen molar-refractivity contribution in [3.8, 4) is 10.6 Å². The summed E-state index contributed by atoms with van der Waals surface area (Å²) in [5.41, 5.74) is 6.60. The molecule has 0 bridgehead atoms. The number of amides is 2. The lowest BCUT2D eigenvalue weighted by Crippen LogP contribution is -2.42. The molecule has 0 unspecified atom stereocenters. The molecular formula is C20H14FN3O3S. The van der Waals surface area contributed by atoms with Crippen LogP contribution in [-0.4, -0.2) is 16.8 Å². The fraction of sp³-hybridized carbons (Fsp3) is 0.0500. The molecule has 0 atom stereocenters. The van der Waals surface area contributed by atoms with Crippen LogP contribution in [0.4, 0.5) is 4.39 Å². The predicted molar refractivity (Wildman–Crippen MR) is 103 cm³/mol. The number of carbonyl (C=O) groups is 2. The Kier molecular flexibility index (Phi) is 4.86. The number of halogens is 1. The van der Waals surface area contributed by atoms with E-state index in [1.54, 1.807) is 29.6 Å². The number of hydrazine groups is 1. The van der Waals surface area contributed by atoms with E-state index >= 15 is 0 Å². The summed E-state index contributed by atoms with van der Waals surface area (Å²) in [6.07, 6.45) is -0.00188. The molecule has 140 valence electrons. The molecule has 8 heteroatoms. The van der Waals surface area contributed by atoms with Gasteiger partial charge in [0.15, 0.2) is 5.76 Å². The molecule has 6 nitrogen and oxygen atoms in total. The number of hydrogen-bond donors (Lipinski definition) is 2. The summed E-state index contributed by atoms with van der Waals surface area (Å²) >= 11 is 1.36. The van der Waals surface area contributed by atoms with Gasteiger partial charge in [-0.2, -0.15) is 0 Å². The largest absolute Gasteiger partial charge is 0.451 e. The maximum absolute atomic E-state index is 13.0. The highest BCUT2D eigenvalue weighted by atomic mass is 32.1. The van der Waals surface area contributed by atoms with E-state index in [0.29, 0.717) is 16.3 Å². The Labute approximate surface area is 163 Å². The van der Waals surface area contributed by atoms with Gasteiger partial charge in [0.1, 0.15) is 16.4 Å². The molecule has 0 aliphatic carbocycles. The van der Waals surface area contributed by atoms with Gasteiger partial charge in [0, 0.05) is 16.3 Å². The zero-order valence-corrected chi connectivity index (χ0v) is 15.3. The van der Waals surface area contributed by atoms with Crippen molar-refractivity contribution in [1.82, 2.24) is 15.8 Å². The van der Waals surface area contributed by atoms with Crippen LogP contribution in [0.25, 0.3) is 21.5 Å². The van der Waals surface area contributed by atoms with Crippen LogP contribution in [0, 0.1) is 5.82 Å². The molecule has 2 amide bonds. The Hall–Kier alpha value is -3.52. The maximum atomic E-state index is 13.0. The minimum absolute atomic E-state index is 0.00188. The van der Waals surface area contributed by atoms with Crippen LogP contribution in [0.2, 0.25) is 0 Å². The van der Waals surface area contributed by atoms with Crippen molar-refractivity contribution >= 4 is 34.1 Å².